The molecular weight excluding hydrogens is 416 g/mol. The van der Waals surface area contributed by atoms with Gasteiger partial charge in [0.25, 0.3) is 5.22 Å². The second-order valence-corrected chi connectivity index (χ2v) is 7.31. The van der Waals surface area contributed by atoms with Crippen LogP contribution in [0, 0.1) is 0 Å². The molecule has 1 heterocycles. The van der Waals surface area contributed by atoms with Crippen molar-refractivity contribution in [3.8, 4) is 11.3 Å². The Hall–Kier alpha value is -2.38. The number of hydrogen-bond acceptors (Lipinski definition) is 5. The summed E-state index contributed by atoms with van der Waals surface area (Å²) in [5, 5.41) is 3.21. The Balaban J connectivity index is 1.54. The van der Waals surface area contributed by atoms with Gasteiger partial charge in [-0.2, -0.15) is 0 Å². The van der Waals surface area contributed by atoms with E-state index in [1.165, 1.54) is 18.7 Å². The third-order valence-electron chi connectivity index (χ3n) is 3.52. The van der Waals surface area contributed by atoms with Crippen molar-refractivity contribution in [2.24, 2.45) is 0 Å². The van der Waals surface area contributed by atoms with E-state index in [4.69, 9.17) is 4.42 Å². The molecule has 132 valence electrons. The molecular formula is C19H15BrN2O3S. The van der Waals surface area contributed by atoms with Gasteiger partial charge in [0.05, 0.1) is 11.9 Å². The van der Waals surface area contributed by atoms with Gasteiger partial charge in [0.1, 0.15) is 0 Å². The van der Waals surface area contributed by atoms with E-state index >= 15 is 0 Å². The molecule has 0 bridgehead atoms. The molecule has 7 heteroatoms. The van der Waals surface area contributed by atoms with Gasteiger partial charge in [0.15, 0.2) is 11.5 Å². The van der Waals surface area contributed by atoms with E-state index in [9.17, 15) is 9.59 Å². The molecule has 0 unspecified atom stereocenters. The predicted molar refractivity (Wildman–Crippen MR) is 105 cm³/mol. The first kappa shape index (κ1) is 18.4. The molecule has 3 rings (SSSR count). The van der Waals surface area contributed by atoms with Gasteiger partial charge in [0.2, 0.25) is 5.91 Å². The quantitative estimate of drug-likeness (QED) is 0.438. The van der Waals surface area contributed by atoms with Gasteiger partial charge in [-0.05, 0) is 43.3 Å². The molecule has 0 aliphatic carbocycles. The van der Waals surface area contributed by atoms with Gasteiger partial charge < -0.3 is 9.73 Å². The summed E-state index contributed by atoms with van der Waals surface area (Å²) in [6.07, 6.45) is 1.64. The van der Waals surface area contributed by atoms with Crippen molar-refractivity contribution in [2.75, 3.05) is 11.1 Å². The number of oxazole rings is 1. The number of nitrogens with zero attached hydrogens (tertiary/aromatic N) is 1. The third kappa shape index (κ3) is 4.83. The molecule has 0 fully saturated rings. The maximum absolute atomic E-state index is 12.0. The number of thioether (sulfide) groups is 1. The zero-order valence-corrected chi connectivity index (χ0v) is 16.3. The summed E-state index contributed by atoms with van der Waals surface area (Å²) in [6.45, 7) is 1.50. The molecule has 3 aromatic rings. The second kappa shape index (κ2) is 8.33. The molecule has 1 aromatic heterocycles. The maximum Gasteiger partial charge on any atom is 0.256 e. The van der Waals surface area contributed by atoms with Crippen LogP contribution in [-0.4, -0.2) is 22.4 Å². The Morgan fingerprint density at radius 2 is 1.81 bits per heavy atom. The Kier molecular flexibility index (Phi) is 5.90. The number of aromatic nitrogens is 1. The number of anilines is 1. The standard InChI is InChI=1S/C19H15BrN2O3S/c1-12(23)13-4-8-16(9-5-13)22-18(24)11-26-19-21-10-17(25-19)14-2-6-15(20)7-3-14/h2-10H,11H2,1H3,(H,22,24). The Morgan fingerprint density at radius 3 is 2.46 bits per heavy atom. The van der Waals surface area contributed by atoms with Crippen molar-refractivity contribution >= 4 is 45.1 Å². The molecule has 5 nitrogen and oxygen atoms in total. The minimum absolute atomic E-state index is 0.0103. The van der Waals surface area contributed by atoms with Crippen molar-refractivity contribution in [2.45, 2.75) is 12.1 Å². The summed E-state index contributed by atoms with van der Waals surface area (Å²) in [5.41, 5.74) is 2.17. The fourth-order valence-corrected chi connectivity index (χ4v) is 3.05. The van der Waals surface area contributed by atoms with Crippen LogP contribution in [0.25, 0.3) is 11.3 Å². The summed E-state index contributed by atoms with van der Waals surface area (Å²) in [5.74, 6) is 0.646. The number of carbonyl (C=O) groups is 2. The lowest BCUT2D eigenvalue weighted by Crippen LogP contribution is -2.14. The number of benzene rings is 2. The summed E-state index contributed by atoms with van der Waals surface area (Å²) >= 11 is 4.61. The van der Waals surface area contributed by atoms with E-state index in [0.29, 0.717) is 22.2 Å². The fraction of sp³-hybridized carbons (Fsp3) is 0.105. The van der Waals surface area contributed by atoms with Crippen molar-refractivity contribution < 1.29 is 14.0 Å². The van der Waals surface area contributed by atoms with Crippen molar-refractivity contribution in [3.63, 3.8) is 0 Å². The molecule has 0 atom stereocenters. The molecule has 0 aliphatic heterocycles. The SMILES string of the molecule is CC(=O)c1ccc(NC(=O)CSc2ncc(-c3ccc(Br)cc3)o2)cc1. The van der Waals surface area contributed by atoms with E-state index < -0.39 is 0 Å². The van der Waals surface area contributed by atoms with Crippen molar-refractivity contribution in [1.29, 1.82) is 0 Å². The van der Waals surface area contributed by atoms with Crippen LogP contribution in [0.15, 0.2) is 68.8 Å². The number of ketones is 1. The molecule has 2 aromatic carbocycles. The number of carbonyl (C=O) groups excluding carboxylic acids is 2. The molecule has 0 aliphatic rings. The Bertz CT molecular complexity index is 921. The number of nitrogens with one attached hydrogen (secondary N) is 1. The lowest BCUT2D eigenvalue weighted by Gasteiger charge is -2.04. The lowest BCUT2D eigenvalue weighted by molar-refractivity contribution is -0.113. The molecule has 0 spiro atoms. The van der Waals surface area contributed by atoms with Crippen LogP contribution in [0.2, 0.25) is 0 Å². The molecule has 0 saturated carbocycles. The molecule has 0 saturated heterocycles. The first-order valence-corrected chi connectivity index (χ1v) is 9.54. The highest BCUT2D eigenvalue weighted by molar-refractivity contribution is 9.10. The topological polar surface area (TPSA) is 72.2 Å². The van der Waals surface area contributed by atoms with Crippen molar-refractivity contribution in [3.05, 3.63) is 64.8 Å². The number of rotatable bonds is 6. The molecule has 1 amide bonds. The van der Waals surface area contributed by atoms with E-state index in [2.05, 4.69) is 26.2 Å². The van der Waals surface area contributed by atoms with Crippen LogP contribution in [0.5, 0.6) is 0 Å². The van der Waals surface area contributed by atoms with Gasteiger partial charge in [-0.1, -0.05) is 39.8 Å². The fourth-order valence-electron chi connectivity index (χ4n) is 2.19. The molecule has 1 N–H and O–H groups in total. The summed E-state index contributed by atoms with van der Waals surface area (Å²) in [4.78, 5) is 27.5. The normalized spacial score (nSPS) is 10.5. The van der Waals surface area contributed by atoms with Gasteiger partial charge >= 0.3 is 0 Å². The van der Waals surface area contributed by atoms with E-state index in [0.717, 1.165) is 10.0 Å². The van der Waals surface area contributed by atoms with Gasteiger partial charge in [0, 0.05) is 21.3 Å². The predicted octanol–water partition coefficient (Wildman–Crippen LogP) is 5.04. The van der Waals surface area contributed by atoms with Crippen LogP contribution in [-0.2, 0) is 4.79 Å². The number of hydrogen-bond donors (Lipinski definition) is 1. The zero-order chi connectivity index (χ0) is 18.5. The monoisotopic (exact) mass is 430 g/mol. The van der Waals surface area contributed by atoms with Crippen LogP contribution in [0.4, 0.5) is 5.69 Å². The summed E-state index contributed by atoms with van der Waals surface area (Å²) in [7, 11) is 0. The highest BCUT2D eigenvalue weighted by Gasteiger charge is 2.10. The second-order valence-electron chi connectivity index (χ2n) is 5.47. The minimum atomic E-state index is -0.172. The zero-order valence-electron chi connectivity index (χ0n) is 13.9. The Morgan fingerprint density at radius 1 is 1.12 bits per heavy atom. The highest BCUT2D eigenvalue weighted by atomic mass is 79.9. The molecule has 26 heavy (non-hydrogen) atoms. The van der Waals surface area contributed by atoms with Crippen LogP contribution in [0.1, 0.15) is 17.3 Å². The van der Waals surface area contributed by atoms with Crippen LogP contribution >= 0.6 is 27.7 Å². The number of Topliss-reactive ketones (excluding diaryl/α,β-unsaturated/α-hetero) is 1. The first-order chi connectivity index (χ1) is 12.5. The number of amides is 1. The third-order valence-corrected chi connectivity index (χ3v) is 4.89. The van der Waals surface area contributed by atoms with Crippen LogP contribution in [0.3, 0.4) is 0 Å². The van der Waals surface area contributed by atoms with E-state index in [-0.39, 0.29) is 17.4 Å². The van der Waals surface area contributed by atoms with Gasteiger partial charge in [-0.25, -0.2) is 4.98 Å². The van der Waals surface area contributed by atoms with Gasteiger partial charge in [-0.3, -0.25) is 9.59 Å². The largest absolute Gasteiger partial charge is 0.431 e. The summed E-state index contributed by atoms with van der Waals surface area (Å²) in [6, 6.07) is 14.5. The summed E-state index contributed by atoms with van der Waals surface area (Å²) < 4.78 is 6.66. The van der Waals surface area contributed by atoms with Crippen LogP contribution < -0.4 is 5.32 Å². The Labute approximate surface area is 163 Å². The average molecular weight is 431 g/mol. The smallest absolute Gasteiger partial charge is 0.256 e. The van der Waals surface area contributed by atoms with E-state index in [1.54, 1.807) is 30.5 Å². The maximum atomic E-state index is 12.0. The van der Waals surface area contributed by atoms with Crippen molar-refractivity contribution in [1.82, 2.24) is 4.98 Å². The average Bonchev–Trinajstić information content (AvgIpc) is 3.10. The van der Waals surface area contributed by atoms with Gasteiger partial charge in [-0.15, -0.1) is 0 Å². The highest BCUT2D eigenvalue weighted by Crippen LogP contribution is 2.26. The first-order valence-electron chi connectivity index (χ1n) is 7.77. The lowest BCUT2D eigenvalue weighted by atomic mass is 10.1. The number of halogens is 1. The molecule has 0 radical (unpaired) electrons. The minimum Gasteiger partial charge on any atom is -0.431 e. The van der Waals surface area contributed by atoms with E-state index in [1.807, 2.05) is 24.3 Å².